The highest BCUT2D eigenvalue weighted by Gasteiger charge is 2.35. The summed E-state index contributed by atoms with van der Waals surface area (Å²) in [6.45, 7) is 3.67. The quantitative estimate of drug-likeness (QED) is 0.874. The van der Waals surface area contributed by atoms with E-state index < -0.39 is 23.6 Å². The predicted molar refractivity (Wildman–Crippen MR) is 86.6 cm³/mol. The van der Waals surface area contributed by atoms with Gasteiger partial charge in [-0.15, -0.1) is 0 Å². The summed E-state index contributed by atoms with van der Waals surface area (Å²) < 4.78 is 10.0. The molecule has 1 aromatic carbocycles. The lowest BCUT2D eigenvalue weighted by molar-refractivity contribution is -0.147. The van der Waals surface area contributed by atoms with E-state index in [-0.39, 0.29) is 11.7 Å². The van der Waals surface area contributed by atoms with Gasteiger partial charge in [0.25, 0.3) is 5.56 Å². The lowest BCUT2D eigenvalue weighted by Gasteiger charge is -2.08. The van der Waals surface area contributed by atoms with Gasteiger partial charge in [0.2, 0.25) is 6.10 Å². The summed E-state index contributed by atoms with van der Waals surface area (Å²) in [5, 5.41) is 0. The third-order valence-corrected chi connectivity index (χ3v) is 3.83. The molecule has 0 amide bonds. The average molecular weight is 327 g/mol. The second kappa shape index (κ2) is 6.31. The standard InChI is InChI=1S/C18H17NO5/c1-10-4-3-5-12(8-10)14-7-6-13(16(20)19-14)17(21)24-15-9-11(2)23-18(15)22/h3-8,11,15H,9H2,1-2H3,(H,19,20)/t11-,15+/m1/s1. The third kappa shape index (κ3) is 3.22. The Balaban J connectivity index is 1.81. The van der Waals surface area contributed by atoms with E-state index >= 15 is 0 Å². The molecule has 1 aliphatic heterocycles. The fourth-order valence-electron chi connectivity index (χ4n) is 2.62. The highest BCUT2D eigenvalue weighted by atomic mass is 16.6. The van der Waals surface area contributed by atoms with Crippen LogP contribution >= 0.6 is 0 Å². The number of ether oxygens (including phenoxy) is 2. The third-order valence-electron chi connectivity index (χ3n) is 3.83. The molecule has 0 bridgehead atoms. The van der Waals surface area contributed by atoms with E-state index in [0.717, 1.165) is 11.1 Å². The summed E-state index contributed by atoms with van der Waals surface area (Å²) in [5.74, 6) is -1.41. The number of H-pyrrole nitrogens is 1. The van der Waals surface area contributed by atoms with Gasteiger partial charge in [0.05, 0.1) is 0 Å². The van der Waals surface area contributed by atoms with Crippen molar-refractivity contribution in [3.8, 4) is 11.3 Å². The van der Waals surface area contributed by atoms with Crippen LogP contribution in [0.3, 0.4) is 0 Å². The van der Waals surface area contributed by atoms with E-state index in [1.165, 1.54) is 6.07 Å². The van der Waals surface area contributed by atoms with Crippen molar-refractivity contribution in [2.24, 2.45) is 0 Å². The molecule has 0 radical (unpaired) electrons. The Bertz CT molecular complexity index is 854. The maximum absolute atomic E-state index is 12.2. The molecule has 0 saturated carbocycles. The normalized spacial score (nSPS) is 19.8. The van der Waals surface area contributed by atoms with Gasteiger partial charge in [-0.1, -0.05) is 23.8 Å². The van der Waals surface area contributed by atoms with Crippen molar-refractivity contribution < 1.29 is 19.1 Å². The molecule has 6 nitrogen and oxygen atoms in total. The molecule has 0 unspecified atom stereocenters. The van der Waals surface area contributed by atoms with Gasteiger partial charge in [-0.05, 0) is 37.6 Å². The number of pyridine rings is 1. The number of benzene rings is 1. The topological polar surface area (TPSA) is 85.5 Å². The van der Waals surface area contributed by atoms with E-state index in [9.17, 15) is 14.4 Å². The van der Waals surface area contributed by atoms with Crippen molar-refractivity contribution in [3.63, 3.8) is 0 Å². The van der Waals surface area contributed by atoms with Crippen LogP contribution in [-0.4, -0.2) is 29.1 Å². The molecule has 6 heteroatoms. The number of esters is 2. The van der Waals surface area contributed by atoms with Gasteiger partial charge in [0, 0.05) is 12.1 Å². The Morgan fingerprint density at radius 3 is 2.67 bits per heavy atom. The Kier molecular flexibility index (Phi) is 4.20. The zero-order chi connectivity index (χ0) is 17.3. The molecule has 124 valence electrons. The molecule has 2 aromatic rings. The maximum Gasteiger partial charge on any atom is 0.347 e. The Hall–Kier alpha value is -2.89. The molecule has 0 aliphatic carbocycles. The molecule has 24 heavy (non-hydrogen) atoms. The van der Waals surface area contributed by atoms with Gasteiger partial charge in [0.15, 0.2) is 0 Å². The molecule has 1 saturated heterocycles. The summed E-state index contributed by atoms with van der Waals surface area (Å²) in [4.78, 5) is 38.5. The number of carbonyl (C=O) groups is 2. The summed E-state index contributed by atoms with van der Waals surface area (Å²) in [5.41, 5.74) is 1.82. The first-order chi connectivity index (χ1) is 11.4. The van der Waals surface area contributed by atoms with Crippen molar-refractivity contribution in [1.82, 2.24) is 4.98 Å². The smallest absolute Gasteiger partial charge is 0.347 e. The van der Waals surface area contributed by atoms with Crippen LogP contribution in [0.25, 0.3) is 11.3 Å². The first kappa shape index (κ1) is 16.0. The number of aromatic amines is 1. The van der Waals surface area contributed by atoms with Crippen LogP contribution in [0.1, 0.15) is 29.3 Å². The molecule has 2 heterocycles. The van der Waals surface area contributed by atoms with Crippen molar-refractivity contribution in [2.75, 3.05) is 0 Å². The predicted octanol–water partition coefficient (Wildman–Crippen LogP) is 2.21. The largest absolute Gasteiger partial charge is 0.460 e. The number of aromatic nitrogens is 1. The first-order valence-corrected chi connectivity index (χ1v) is 7.66. The van der Waals surface area contributed by atoms with Crippen LogP contribution in [0.5, 0.6) is 0 Å². The van der Waals surface area contributed by atoms with Crippen molar-refractivity contribution in [1.29, 1.82) is 0 Å². The number of carbonyl (C=O) groups excluding carboxylic acids is 2. The molecule has 1 N–H and O–H groups in total. The summed E-state index contributed by atoms with van der Waals surface area (Å²) in [6.07, 6.45) is -0.954. The van der Waals surface area contributed by atoms with E-state index in [4.69, 9.17) is 9.47 Å². The number of nitrogens with one attached hydrogen (secondary N) is 1. The van der Waals surface area contributed by atoms with Gasteiger partial charge in [-0.3, -0.25) is 4.79 Å². The zero-order valence-electron chi connectivity index (χ0n) is 13.4. The number of aryl methyl sites for hydroxylation is 1. The number of rotatable bonds is 3. The van der Waals surface area contributed by atoms with Crippen molar-refractivity contribution >= 4 is 11.9 Å². The lowest BCUT2D eigenvalue weighted by atomic mass is 10.1. The Morgan fingerprint density at radius 2 is 2.04 bits per heavy atom. The van der Waals surface area contributed by atoms with Crippen LogP contribution in [0, 0.1) is 6.92 Å². The zero-order valence-corrected chi connectivity index (χ0v) is 13.4. The minimum Gasteiger partial charge on any atom is -0.460 e. The molecule has 0 spiro atoms. The van der Waals surface area contributed by atoms with E-state index in [0.29, 0.717) is 12.1 Å². The SMILES string of the molecule is Cc1cccc(-c2ccc(C(=O)O[C@H]3C[C@@H](C)OC3=O)c(=O)[nH]2)c1. The second-order valence-electron chi connectivity index (χ2n) is 5.86. The van der Waals surface area contributed by atoms with Crippen LogP contribution in [0.2, 0.25) is 0 Å². The number of hydrogen-bond acceptors (Lipinski definition) is 5. The molecule has 2 atom stereocenters. The summed E-state index contributed by atoms with van der Waals surface area (Å²) in [7, 11) is 0. The van der Waals surface area contributed by atoms with Crippen LogP contribution < -0.4 is 5.56 Å². The summed E-state index contributed by atoms with van der Waals surface area (Å²) in [6, 6.07) is 10.7. The van der Waals surface area contributed by atoms with Gasteiger partial charge in [0.1, 0.15) is 11.7 Å². The number of hydrogen-bond donors (Lipinski definition) is 1. The Labute approximate surface area is 138 Å². The van der Waals surface area contributed by atoms with E-state index in [1.807, 2.05) is 31.2 Å². The minimum absolute atomic E-state index is 0.140. The molecular formula is C18H17NO5. The Morgan fingerprint density at radius 1 is 1.25 bits per heavy atom. The molecule has 1 fully saturated rings. The molecule has 1 aliphatic rings. The molecule has 3 rings (SSSR count). The van der Waals surface area contributed by atoms with Crippen LogP contribution in [-0.2, 0) is 14.3 Å². The van der Waals surface area contributed by atoms with Gasteiger partial charge in [-0.25, -0.2) is 9.59 Å². The van der Waals surface area contributed by atoms with E-state index in [1.54, 1.807) is 13.0 Å². The van der Waals surface area contributed by atoms with Gasteiger partial charge < -0.3 is 14.5 Å². The van der Waals surface area contributed by atoms with Gasteiger partial charge in [-0.2, -0.15) is 0 Å². The van der Waals surface area contributed by atoms with Gasteiger partial charge >= 0.3 is 11.9 Å². The molecule has 1 aromatic heterocycles. The van der Waals surface area contributed by atoms with Crippen molar-refractivity contribution in [2.45, 2.75) is 32.5 Å². The lowest BCUT2D eigenvalue weighted by Crippen LogP contribution is -2.27. The fourth-order valence-corrected chi connectivity index (χ4v) is 2.62. The average Bonchev–Trinajstić information content (AvgIpc) is 2.84. The molecular weight excluding hydrogens is 310 g/mol. The number of cyclic esters (lactones) is 1. The highest BCUT2D eigenvalue weighted by molar-refractivity contribution is 5.91. The van der Waals surface area contributed by atoms with Crippen LogP contribution in [0.15, 0.2) is 41.2 Å². The monoisotopic (exact) mass is 327 g/mol. The highest BCUT2D eigenvalue weighted by Crippen LogP contribution is 2.19. The fraction of sp³-hybridized carbons (Fsp3) is 0.278. The van der Waals surface area contributed by atoms with E-state index in [2.05, 4.69) is 4.98 Å². The second-order valence-corrected chi connectivity index (χ2v) is 5.86. The summed E-state index contributed by atoms with van der Waals surface area (Å²) >= 11 is 0. The first-order valence-electron chi connectivity index (χ1n) is 7.66. The van der Waals surface area contributed by atoms with Crippen LogP contribution in [0.4, 0.5) is 0 Å². The van der Waals surface area contributed by atoms with Crippen molar-refractivity contribution in [3.05, 3.63) is 57.9 Å². The minimum atomic E-state index is -0.955. The maximum atomic E-state index is 12.2.